The molecule has 1 aliphatic heterocycles. The molecule has 3 aromatic carbocycles. The van der Waals surface area contributed by atoms with Crippen molar-refractivity contribution < 1.29 is 59.2 Å². The minimum atomic E-state index is -1.64. The molecule has 1 fully saturated rings. The zero-order valence-corrected chi connectivity index (χ0v) is 27.6. The van der Waals surface area contributed by atoms with E-state index in [1.807, 2.05) is 24.3 Å². The van der Waals surface area contributed by atoms with Crippen molar-refractivity contribution in [1.29, 1.82) is 0 Å². The normalized spacial score (nSPS) is 20.9. The lowest BCUT2D eigenvalue weighted by molar-refractivity contribution is -0.277. The van der Waals surface area contributed by atoms with Gasteiger partial charge >= 0.3 is 0 Å². The predicted octanol–water partition coefficient (Wildman–Crippen LogP) is -0.0266. The number of benzene rings is 3. The maximum atomic E-state index is 11.9. The number of hydrogen-bond acceptors (Lipinski definition) is 13. The molecule has 10 N–H and O–H groups in total. The van der Waals surface area contributed by atoms with E-state index >= 15 is 0 Å². The van der Waals surface area contributed by atoms with Crippen LogP contribution in [0.1, 0.15) is 29.5 Å². The van der Waals surface area contributed by atoms with Gasteiger partial charge in [-0.3, -0.25) is 9.59 Å². The molecule has 1 saturated heterocycles. The van der Waals surface area contributed by atoms with E-state index in [2.05, 4.69) is 10.6 Å². The second kappa shape index (κ2) is 18.5. The number of aromatic hydroxyl groups is 1. The summed E-state index contributed by atoms with van der Waals surface area (Å²) in [4.78, 5) is 23.1. The SMILES string of the molecule is Cc1cc(O)cc(O[C@@H]2O[C@H](CO)[C@@H](O)[C@H](O)[C@H]2O)c1Cc1ccc(OCCCNCCC(=O)N[C@@H](CO)C(N)=O)cc1Oc1ccccc1. The topological polar surface area (TPSA) is 243 Å². The van der Waals surface area contributed by atoms with Crippen molar-refractivity contribution in [2.24, 2.45) is 5.73 Å². The average molecular weight is 700 g/mol. The van der Waals surface area contributed by atoms with Gasteiger partial charge in [-0.1, -0.05) is 24.3 Å². The van der Waals surface area contributed by atoms with Crippen LogP contribution in [0.5, 0.6) is 28.7 Å². The van der Waals surface area contributed by atoms with Crippen LogP contribution < -0.4 is 30.6 Å². The van der Waals surface area contributed by atoms with Gasteiger partial charge < -0.3 is 66.0 Å². The van der Waals surface area contributed by atoms with E-state index in [1.165, 1.54) is 6.07 Å². The first kappa shape index (κ1) is 38.3. The first-order valence-corrected chi connectivity index (χ1v) is 16.2. The maximum absolute atomic E-state index is 11.9. The second-order valence-corrected chi connectivity index (χ2v) is 11.8. The van der Waals surface area contributed by atoms with Gasteiger partial charge in [-0.05, 0) is 55.3 Å². The second-order valence-electron chi connectivity index (χ2n) is 11.8. The van der Waals surface area contributed by atoms with Crippen LogP contribution in [-0.4, -0.2) is 112 Å². The number of aryl methyl sites for hydroxylation is 1. The monoisotopic (exact) mass is 699 g/mol. The van der Waals surface area contributed by atoms with E-state index < -0.39 is 61.8 Å². The summed E-state index contributed by atoms with van der Waals surface area (Å²) < 4.78 is 23.7. The largest absolute Gasteiger partial charge is 0.508 e. The summed E-state index contributed by atoms with van der Waals surface area (Å²) in [7, 11) is 0. The number of amides is 2. The lowest BCUT2D eigenvalue weighted by atomic mass is 9.97. The number of para-hydroxylation sites is 1. The number of rotatable bonds is 18. The molecular formula is C35H45N3O12. The third kappa shape index (κ3) is 10.5. The van der Waals surface area contributed by atoms with Crippen LogP contribution >= 0.6 is 0 Å². The Morgan fingerprint density at radius 1 is 0.940 bits per heavy atom. The fraction of sp³-hybridized carbons (Fsp3) is 0.429. The Balaban J connectivity index is 1.43. The van der Waals surface area contributed by atoms with Crippen molar-refractivity contribution in [3.63, 3.8) is 0 Å². The lowest BCUT2D eigenvalue weighted by Crippen LogP contribution is -2.60. The first-order valence-electron chi connectivity index (χ1n) is 16.2. The van der Waals surface area contributed by atoms with Crippen LogP contribution in [0.15, 0.2) is 60.7 Å². The molecule has 0 bridgehead atoms. The van der Waals surface area contributed by atoms with Crippen molar-refractivity contribution >= 4 is 11.8 Å². The smallest absolute Gasteiger partial charge is 0.242 e. The van der Waals surface area contributed by atoms with Gasteiger partial charge in [0.25, 0.3) is 0 Å². The number of nitrogens with one attached hydrogen (secondary N) is 2. The highest BCUT2D eigenvalue weighted by molar-refractivity contribution is 5.86. The van der Waals surface area contributed by atoms with Crippen LogP contribution in [0.3, 0.4) is 0 Å². The Labute approximate surface area is 289 Å². The number of phenolic OH excluding ortho intramolecular Hbond substituents is 1. The number of phenols is 1. The van der Waals surface area contributed by atoms with Crippen LogP contribution in [0, 0.1) is 6.92 Å². The minimum absolute atomic E-state index is 0.0993. The zero-order valence-electron chi connectivity index (χ0n) is 27.6. The summed E-state index contributed by atoms with van der Waals surface area (Å²) in [6.07, 6.45) is -6.49. The molecule has 4 rings (SSSR count). The van der Waals surface area contributed by atoms with Crippen molar-refractivity contribution in [2.75, 3.05) is 32.9 Å². The molecule has 0 aromatic heterocycles. The predicted molar refractivity (Wildman–Crippen MR) is 179 cm³/mol. The Hall–Kier alpha value is -4.48. The molecule has 2 amide bonds. The average Bonchev–Trinajstić information content (AvgIpc) is 3.09. The van der Waals surface area contributed by atoms with Gasteiger partial charge in [-0.25, -0.2) is 0 Å². The molecule has 3 aromatic rings. The molecule has 1 aliphatic rings. The fourth-order valence-corrected chi connectivity index (χ4v) is 5.25. The molecule has 0 unspecified atom stereocenters. The first-order chi connectivity index (χ1) is 24.0. The molecule has 50 heavy (non-hydrogen) atoms. The molecule has 6 atom stereocenters. The number of nitrogens with two attached hydrogens (primary N) is 1. The van der Waals surface area contributed by atoms with Gasteiger partial charge in [0.05, 0.1) is 19.8 Å². The lowest BCUT2D eigenvalue weighted by Gasteiger charge is -2.39. The van der Waals surface area contributed by atoms with Crippen LogP contribution in [0.4, 0.5) is 0 Å². The third-order valence-corrected chi connectivity index (χ3v) is 8.04. The Morgan fingerprint density at radius 3 is 2.40 bits per heavy atom. The summed E-state index contributed by atoms with van der Waals surface area (Å²) in [5.74, 6) is 0.447. The summed E-state index contributed by atoms with van der Waals surface area (Å²) in [5.41, 5.74) is 7.12. The summed E-state index contributed by atoms with van der Waals surface area (Å²) in [6, 6.07) is 16.3. The minimum Gasteiger partial charge on any atom is -0.508 e. The molecule has 15 nitrogen and oxygen atoms in total. The molecule has 272 valence electrons. The van der Waals surface area contributed by atoms with Crippen LogP contribution in [0.2, 0.25) is 0 Å². The number of carbonyl (C=O) groups excluding carboxylic acids is 2. The maximum Gasteiger partial charge on any atom is 0.242 e. The van der Waals surface area contributed by atoms with E-state index in [1.54, 1.807) is 37.3 Å². The quantitative estimate of drug-likeness (QED) is 0.0794. The van der Waals surface area contributed by atoms with Crippen LogP contribution in [-0.2, 0) is 20.7 Å². The molecule has 0 spiro atoms. The van der Waals surface area contributed by atoms with Crippen molar-refractivity contribution in [3.05, 3.63) is 77.4 Å². The Kier molecular flexibility index (Phi) is 14.2. The van der Waals surface area contributed by atoms with Crippen molar-refractivity contribution in [1.82, 2.24) is 10.6 Å². The Bertz CT molecular complexity index is 1560. The zero-order chi connectivity index (χ0) is 36.2. The highest BCUT2D eigenvalue weighted by atomic mass is 16.7. The highest BCUT2D eigenvalue weighted by Crippen LogP contribution is 2.37. The van der Waals surface area contributed by atoms with Gasteiger partial charge in [0.15, 0.2) is 0 Å². The molecule has 1 heterocycles. The number of hydrogen-bond donors (Lipinski definition) is 9. The summed E-state index contributed by atoms with van der Waals surface area (Å²) in [5, 5.41) is 65.6. The van der Waals surface area contributed by atoms with E-state index in [9.17, 15) is 35.1 Å². The Morgan fingerprint density at radius 2 is 1.70 bits per heavy atom. The fourth-order valence-electron chi connectivity index (χ4n) is 5.25. The highest BCUT2D eigenvalue weighted by Gasteiger charge is 2.45. The van der Waals surface area contributed by atoms with E-state index in [0.717, 1.165) is 5.56 Å². The van der Waals surface area contributed by atoms with Gasteiger partial charge in [0.1, 0.15) is 59.2 Å². The summed E-state index contributed by atoms with van der Waals surface area (Å²) in [6.45, 7) is 1.85. The van der Waals surface area contributed by atoms with Crippen LogP contribution in [0.25, 0.3) is 0 Å². The molecule has 15 heteroatoms. The van der Waals surface area contributed by atoms with Gasteiger partial charge in [0.2, 0.25) is 18.1 Å². The number of aliphatic hydroxyl groups is 5. The van der Waals surface area contributed by atoms with E-state index in [0.29, 0.717) is 54.5 Å². The van der Waals surface area contributed by atoms with Crippen molar-refractivity contribution in [3.8, 4) is 28.7 Å². The number of ether oxygens (including phenoxy) is 4. The van der Waals surface area contributed by atoms with E-state index in [-0.39, 0.29) is 24.3 Å². The number of carbonyl (C=O) groups is 2. The number of aliphatic hydroxyl groups excluding tert-OH is 5. The summed E-state index contributed by atoms with van der Waals surface area (Å²) >= 11 is 0. The molecular weight excluding hydrogens is 654 g/mol. The molecule has 0 radical (unpaired) electrons. The van der Waals surface area contributed by atoms with Gasteiger partial charge in [0, 0.05) is 37.1 Å². The van der Waals surface area contributed by atoms with Gasteiger partial charge in [-0.2, -0.15) is 0 Å². The molecule has 0 aliphatic carbocycles. The molecule has 0 saturated carbocycles. The van der Waals surface area contributed by atoms with E-state index in [4.69, 9.17) is 29.8 Å². The van der Waals surface area contributed by atoms with Gasteiger partial charge in [-0.15, -0.1) is 0 Å². The standard InChI is InChI=1S/C35H45N3O12/c1-20-14-22(41)16-28(49-35-33(45)32(44)31(43)29(19-40)50-35)25(20)15-21-8-9-24(17-27(21)48-23-6-3-2-4-7-23)47-13-5-11-37-12-10-30(42)38-26(18-39)34(36)46/h2-4,6-9,14,16-17,26,29,31-33,35,37,39-41,43-45H,5,10-13,15,18-19H2,1H3,(H2,36,46)(H,38,42)/t26-,29+,31+,32-,33+,35+/m0/s1. The third-order valence-electron chi connectivity index (χ3n) is 8.04. The van der Waals surface area contributed by atoms with Crippen molar-refractivity contribution in [2.45, 2.75) is 62.9 Å². The number of primary amides is 1.